The molecule has 0 unspecified atom stereocenters. The summed E-state index contributed by atoms with van der Waals surface area (Å²) >= 11 is 0. The van der Waals surface area contributed by atoms with E-state index in [1.807, 2.05) is 0 Å². The van der Waals surface area contributed by atoms with Crippen LogP contribution < -0.4 is 11.1 Å². The molecule has 1 fully saturated rings. The van der Waals surface area contributed by atoms with E-state index in [1.165, 1.54) is 19.3 Å². The van der Waals surface area contributed by atoms with Gasteiger partial charge in [-0.2, -0.15) is 0 Å². The number of aryl methyl sites for hydroxylation is 2. The zero-order chi connectivity index (χ0) is 13.7. The van der Waals surface area contributed by atoms with Crippen molar-refractivity contribution in [2.45, 2.75) is 52.5 Å². The van der Waals surface area contributed by atoms with Gasteiger partial charge in [0.1, 0.15) is 5.76 Å². The average Bonchev–Trinajstić information content (AvgIpc) is 2.76. The summed E-state index contributed by atoms with van der Waals surface area (Å²) in [5, 5.41) is 7.27. The van der Waals surface area contributed by atoms with Gasteiger partial charge in [0.2, 0.25) is 0 Å². The minimum atomic E-state index is 0. The summed E-state index contributed by atoms with van der Waals surface area (Å²) in [7, 11) is 0. The number of guanidine groups is 1. The summed E-state index contributed by atoms with van der Waals surface area (Å²) in [6.07, 6.45) is 5.68. The van der Waals surface area contributed by atoms with Crippen LogP contribution in [0.5, 0.6) is 0 Å². The summed E-state index contributed by atoms with van der Waals surface area (Å²) in [5.74, 6) is 2.23. The second kappa shape index (κ2) is 8.49. The summed E-state index contributed by atoms with van der Waals surface area (Å²) in [5.41, 5.74) is 7.98. The number of hydrogen-bond donors (Lipinski definition) is 2. The molecule has 0 amide bonds. The van der Waals surface area contributed by atoms with Crippen LogP contribution in [0.1, 0.15) is 50.1 Å². The van der Waals surface area contributed by atoms with Crippen LogP contribution in [-0.2, 0) is 19.4 Å². The van der Waals surface area contributed by atoms with Gasteiger partial charge in [-0.1, -0.05) is 25.4 Å². The number of rotatable bonds is 6. The van der Waals surface area contributed by atoms with Crippen molar-refractivity contribution in [3.63, 3.8) is 0 Å². The molecule has 1 aliphatic rings. The molecule has 0 saturated heterocycles. The quantitative estimate of drug-likeness (QED) is 0.443. The SMILES string of the molecule is CCc1noc(CC)c1CN=C(N)NCC1CCC1.I. The average molecular weight is 392 g/mol. The first-order chi connectivity index (χ1) is 9.24. The van der Waals surface area contributed by atoms with E-state index in [0.29, 0.717) is 12.5 Å². The maximum atomic E-state index is 5.89. The Bertz CT molecular complexity index is 419. The molecular formula is C14H25IN4O. The topological polar surface area (TPSA) is 76.4 Å². The molecule has 0 spiro atoms. The van der Waals surface area contributed by atoms with Crippen LogP contribution >= 0.6 is 24.0 Å². The van der Waals surface area contributed by atoms with Crippen LogP contribution in [0.25, 0.3) is 0 Å². The van der Waals surface area contributed by atoms with E-state index in [9.17, 15) is 0 Å². The fourth-order valence-corrected chi connectivity index (χ4v) is 2.28. The molecule has 0 atom stereocenters. The maximum Gasteiger partial charge on any atom is 0.188 e. The second-order valence-corrected chi connectivity index (χ2v) is 5.12. The summed E-state index contributed by atoms with van der Waals surface area (Å²) < 4.78 is 5.31. The molecule has 1 aromatic rings. The maximum absolute atomic E-state index is 5.89. The number of aliphatic imine (C=N–C) groups is 1. The smallest absolute Gasteiger partial charge is 0.188 e. The van der Waals surface area contributed by atoms with Crippen molar-refractivity contribution in [1.82, 2.24) is 10.5 Å². The van der Waals surface area contributed by atoms with Crippen molar-refractivity contribution in [2.75, 3.05) is 6.54 Å². The summed E-state index contributed by atoms with van der Waals surface area (Å²) in [6, 6.07) is 0. The zero-order valence-electron chi connectivity index (χ0n) is 12.3. The molecular weight excluding hydrogens is 367 g/mol. The van der Waals surface area contributed by atoms with Gasteiger partial charge in [0.25, 0.3) is 0 Å². The van der Waals surface area contributed by atoms with Gasteiger partial charge in [-0.05, 0) is 25.2 Å². The molecule has 2 rings (SSSR count). The Hall–Kier alpha value is -0.790. The molecule has 0 radical (unpaired) electrons. The molecule has 0 bridgehead atoms. The Morgan fingerprint density at radius 3 is 2.70 bits per heavy atom. The van der Waals surface area contributed by atoms with Gasteiger partial charge in [-0.25, -0.2) is 4.99 Å². The third-order valence-corrected chi connectivity index (χ3v) is 3.81. The van der Waals surface area contributed by atoms with Crippen LogP contribution in [0.3, 0.4) is 0 Å². The Morgan fingerprint density at radius 2 is 2.15 bits per heavy atom. The lowest BCUT2D eigenvalue weighted by Crippen LogP contribution is -2.37. The number of nitrogens with two attached hydrogens (primary N) is 1. The number of hydrogen-bond acceptors (Lipinski definition) is 3. The third-order valence-electron chi connectivity index (χ3n) is 3.81. The molecule has 114 valence electrons. The van der Waals surface area contributed by atoms with E-state index < -0.39 is 0 Å². The molecule has 3 N–H and O–H groups in total. The lowest BCUT2D eigenvalue weighted by Gasteiger charge is -2.25. The van der Waals surface area contributed by atoms with Crippen LogP contribution in [0, 0.1) is 5.92 Å². The van der Waals surface area contributed by atoms with E-state index in [2.05, 4.69) is 29.3 Å². The van der Waals surface area contributed by atoms with Gasteiger partial charge in [-0.15, -0.1) is 24.0 Å². The van der Waals surface area contributed by atoms with Crippen LogP contribution in [0.2, 0.25) is 0 Å². The molecule has 1 heterocycles. The van der Waals surface area contributed by atoms with Crippen molar-refractivity contribution in [1.29, 1.82) is 0 Å². The molecule has 5 nitrogen and oxygen atoms in total. The fourth-order valence-electron chi connectivity index (χ4n) is 2.28. The largest absolute Gasteiger partial charge is 0.370 e. The Balaban J connectivity index is 0.00000200. The first kappa shape index (κ1) is 17.3. The highest BCUT2D eigenvalue weighted by molar-refractivity contribution is 14.0. The van der Waals surface area contributed by atoms with Gasteiger partial charge in [0.15, 0.2) is 5.96 Å². The van der Waals surface area contributed by atoms with E-state index >= 15 is 0 Å². The van der Waals surface area contributed by atoms with Gasteiger partial charge in [-0.3, -0.25) is 0 Å². The molecule has 0 aliphatic heterocycles. The summed E-state index contributed by atoms with van der Waals surface area (Å²) in [6.45, 7) is 5.63. The second-order valence-electron chi connectivity index (χ2n) is 5.12. The molecule has 1 aliphatic carbocycles. The lowest BCUT2D eigenvalue weighted by molar-refractivity contribution is 0.315. The van der Waals surface area contributed by atoms with Gasteiger partial charge < -0.3 is 15.6 Å². The number of aromatic nitrogens is 1. The Kier molecular flexibility index (Phi) is 7.32. The van der Waals surface area contributed by atoms with E-state index in [0.717, 1.165) is 42.3 Å². The molecule has 1 saturated carbocycles. The van der Waals surface area contributed by atoms with Crippen molar-refractivity contribution in [3.8, 4) is 0 Å². The van der Waals surface area contributed by atoms with Gasteiger partial charge >= 0.3 is 0 Å². The minimum absolute atomic E-state index is 0. The number of nitrogens with zero attached hydrogens (tertiary/aromatic N) is 2. The highest BCUT2D eigenvalue weighted by Crippen LogP contribution is 2.25. The first-order valence-electron chi connectivity index (χ1n) is 7.24. The van der Waals surface area contributed by atoms with Crippen LogP contribution in [0.15, 0.2) is 9.52 Å². The first-order valence-corrected chi connectivity index (χ1v) is 7.24. The Morgan fingerprint density at radius 1 is 1.40 bits per heavy atom. The lowest BCUT2D eigenvalue weighted by atomic mass is 9.85. The molecule has 1 aromatic heterocycles. The third kappa shape index (κ3) is 4.36. The van der Waals surface area contributed by atoms with Gasteiger partial charge in [0.05, 0.1) is 12.2 Å². The highest BCUT2D eigenvalue weighted by Gasteiger charge is 2.17. The zero-order valence-corrected chi connectivity index (χ0v) is 14.6. The monoisotopic (exact) mass is 392 g/mol. The minimum Gasteiger partial charge on any atom is -0.370 e. The number of halogens is 1. The van der Waals surface area contributed by atoms with E-state index in [4.69, 9.17) is 10.3 Å². The molecule has 20 heavy (non-hydrogen) atoms. The van der Waals surface area contributed by atoms with Crippen molar-refractivity contribution in [3.05, 3.63) is 17.0 Å². The molecule has 6 heteroatoms. The van der Waals surface area contributed by atoms with E-state index in [1.54, 1.807) is 0 Å². The van der Waals surface area contributed by atoms with Gasteiger partial charge in [0, 0.05) is 18.5 Å². The van der Waals surface area contributed by atoms with Crippen LogP contribution in [0.4, 0.5) is 0 Å². The Labute approximate surface area is 137 Å². The predicted octanol–water partition coefficient (Wildman–Crippen LogP) is 2.62. The predicted molar refractivity (Wildman–Crippen MR) is 91.3 cm³/mol. The normalized spacial score (nSPS) is 15.6. The number of nitrogens with one attached hydrogen (secondary N) is 1. The molecule has 0 aromatic carbocycles. The van der Waals surface area contributed by atoms with Crippen molar-refractivity contribution < 1.29 is 4.52 Å². The van der Waals surface area contributed by atoms with E-state index in [-0.39, 0.29) is 24.0 Å². The van der Waals surface area contributed by atoms with Crippen molar-refractivity contribution >= 4 is 29.9 Å². The van der Waals surface area contributed by atoms with Crippen LogP contribution in [-0.4, -0.2) is 17.7 Å². The fraction of sp³-hybridized carbons (Fsp3) is 0.714. The summed E-state index contributed by atoms with van der Waals surface area (Å²) in [4.78, 5) is 4.40. The standard InChI is InChI=1S/C14H24N4O.HI/c1-3-12-11(13(4-2)19-18-12)9-17-14(15)16-8-10-6-5-7-10;/h10H,3-9H2,1-2H3,(H3,15,16,17);1H. The van der Waals surface area contributed by atoms with Crippen molar-refractivity contribution in [2.24, 2.45) is 16.6 Å². The highest BCUT2D eigenvalue weighted by atomic mass is 127.